The number of nitrogens with zero attached hydrogens (tertiary/aromatic N) is 1. The molecule has 0 spiro atoms. The van der Waals surface area contributed by atoms with Gasteiger partial charge in [-0.1, -0.05) is 38.5 Å². The summed E-state index contributed by atoms with van der Waals surface area (Å²) < 4.78 is 19.1. The molecule has 188 valence electrons. The number of aliphatic hydroxyl groups excluding tert-OH is 1. The van der Waals surface area contributed by atoms with E-state index in [9.17, 15) is 19.8 Å². The number of non-ortho nitro benzene ring substituents is 1. The first kappa shape index (κ1) is 27.6. The van der Waals surface area contributed by atoms with Crippen molar-refractivity contribution in [1.82, 2.24) is 10.0 Å². The molecular formula is C24H41N3O5S. The zero-order valence-electron chi connectivity index (χ0n) is 20.6. The Kier molecular flexibility index (Phi) is 10.2. The lowest BCUT2D eigenvalue weighted by Crippen LogP contribution is -2.33. The average Bonchev–Trinajstić information content (AvgIpc) is 2.68. The third-order valence-electron chi connectivity index (χ3n) is 5.78. The molecular weight excluding hydrogens is 442 g/mol. The van der Waals surface area contributed by atoms with Gasteiger partial charge in [-0.2, -0.15) is 0 Å². The molecule has 1 aliphatic rings. The molecule has 2 rings (SSSR count). The third-order valence-corrected chi connectivity index (χ3v) is 7.67. The number of nitro groups is 1. The number of benzene rings is 1. The Bertz CT molecular complexity index is 803. The summed E-state index contributed by atoms with van der Waals surface area (Å²) in [5.74, 6) is 0.176. The van der Waals surface area contributed by atoms with E-state index in [-0.39, 0.29) is 23.4 Å². The monoisotopic (exact) mass is 483 g/mol. The van der Waals surface area contributed by atoms with E-state index in [1.54, 1.807) is 12.1 Å². The molecule has 1 saturated carbocycles. The largest absolute Gasteiger partial charge is 0.392 e. The molecule has 0 amide bonds. The maximum atomic E-state index is 10.8. The van der Waals surface area contributed by atoms with E-state index >= 15 is 0 Å². The van der Waals surface area contributed by atoms with Gasteiger partial charge in [-0.3, -0.25) is 18.9 Å². The Morgan fingerprint density at radius 1 is 1.27 bits per heavy atom. The summed E-state index contributed by atoms with van der Waals surface area (Å²) in [4.78, 5) is 10.4. The first-order valence-corrected chi connectivity index (χ1v) is 13.3. The van der Waals surface area contributed by atoms with E-state index in [2.05, 4.69) is 37.7 Å². The van der Waals surface area contributed by atoms with E-state index in [1.165, 1.54) is 36.9 Å². The van der Waals surface area contributed by atoms with E-state index in [0.717, 1.165) is 31.2 Å². The maximum Gasteiger partial charge on any atom is 0.269 e. The fraction of sp³-hybridized carbons (Fsp3) is 0.667. The SMILES string of the molecule is COS(O)(Cc1ccc([N+](=O)[O-])cc1)NCC(O)CCC(NC(C)CC(C)(C)C)=C1CCC1. The summed E-state index contributed by atoms with van der Waals surface area (Å²) in [6.45, 7) is 9.14. The van der Waals surface area contributed by atoms with Crippen LogP contribution in [0.5, 0.6) is 0 Å². The molecule has 4 N–H and O–H groups in total. The minimum Gasteiger partial charge on any atom is -0.392 e. The van der Waals surface area contributed by atoms with Gasteiger partial charge in [-0.25, -0.2) is 4.72 Å². The van der Waals surface area contributed by atoms with Crippen molar-refractivity contribution in [2.45, 2.75) is 84.1 Å². The minimum absolute atomic E-state index is 0.0000901. The van der Waals surface area contributed by atoms with Crippen LogP contribution in [0.1, 0.15) is 71.8 Å². The summed E-state index contributed by atoms with van der Waals surface area (Å²) in [6, 6.07) is 6.39. The molecule has 3 atom stereocenters. The summed E-state index contributed by atoms with van der Waals surface area (Å²) >= 11 is 0. The zero-order chi connectivity index (χ0) is 24.6. The van der Waals surface area contributed by atoms with Gasteiger partial charge in [0.1, 0.15) is 0 Å². The van der Waals surface area contributed by atoms with Crippen LogP contribution in [-0.4, -0.2) is 40.4 Å². The van der Waals surface area contributed by atoms with Crippen LogP contribution in [0.25, 0.3) is 0 Å². The number of hydrogen-bond acceptors (Lipinski definition) is 7. The molecule has 0 heterocycles. The number of nitrogens with one attached hydrogen (secondary N) is 2. The Morgan fingerprint density at radius 3 is 2.39 bits per heavy atom. The van der Waals surface area contributed by atoms with E-state index in [1.807, 2.05) is 0 Å². The summed E-state index contributed by atoms with van der Waals surface area (Å²) in [7, 11) is -1.24. The second-order valence-electron chi connectivity index (χ2n) is 10.2. The van der Waals surface area contributed by atoms with Crippen LogP contribution >= 0.6 is 10.8 Å². The summed E-state index contributed by atoms with van der Waals surface area (Å²) in [5.41, 5.74) is 3.70. The molecule has 8 nitrogen and oxygen atoms in total. The molecule has 1 fully saturated rings. The van der Waals surface area contributed by atoms with Crippen molar-refractivity contribution in [3.05, 3.63) is 51.2 Å². The van der Waals surface area contributed by atoms with Gasteiger partial charge in [0.25, 0.3) is 5.69 Å². The second kappa shape index (κ2) is 12.2. The number of hydrogen-bond donors (Lipinski definition) is 4. The highest BCUT2D eigenvalue weighted by Crippen LogP contribution is 2.43. The van der Waals surface area contributed by atoms with Crippen LogP contribution in [0.2, 0.25) is 0 Å². The lowest BCUT2D eigenvalue weighted by atomic mass is 9.86. The van der Waals surface area contributed by atoms with Gasteiger partial charge in [0.15, 0.2) is 0 Å². The predicted octanol–water partition coefficient (Wildman–Crippen LogP) is 5.43. The van der Waals surface area contributed by atoms with Gasteiger partial charge in [-0.15, -0.1) is 10.8 Å². The predicted molar refractivity (Wildman–Crippen MR) is 135 cm³/mol. The zero-order valence-corrected chi connectivity index (χ0v) is 21.4. The van der Waals surface area contributed by atoms with Gasteiger partial charge in [0.05, 0.1) is 23.9 Å². The van der Waals surface area contributed by atoms with E-state index in [0.29, 0.717) is 12.5 Å². The van der Waals surface area contributed by atoms with Crippen molar-refractivity contribution in [3.63, 3.8) is 0 Å². The molecule has 0 radical (unpaired) electrons. The molecule has 33 heavy (non-hydrogen) atoms. The van der Waals surface area contributed by atoms with Gasteiger partial charge in [-0.05, 0) is 56.4 Å². The normalized spacial score (nSPS) is 18.6. The smallest absolute Gasteiger partial charge is 0.269 e. The van der Waals surface area contributed by atoms with Crippen LogP contribution in [0.4, 0.5) is 5.69 Å². The first-order chi connectivity index (χ1) is 15.4. The molecule has 1 aliphatic carbocycles. The van der Waals surface area contributed by atoms with Crippen molar-refractivity contribution >= 4 is 16.5 Å². The number of aliphatic hydroxyl groups is 1. The van der Waals surface area contributed by atoms with Crippen LogP contribution in [0.3, 0.4) is 0 Å². The molecule has 0 saturated heterocycles. The van der Waals surface area contributed by atoms with Crippen molar-refractivity contribution in [1.29, 1.82) is 0 Å². The summed E-state index contributed by atoms with van der Waals surface area (Å²) in [6.07, 6.45) is 5.27. The molecule has 0 aromatic heterocycles. The van der Waals surface area contributed by atoms with Gasteiger partial charge in [0, 0.05) is 30.4 Å². The average molecular weight is 484 g/mol. The van der Waals surface area contributed by atoms with Gasteiger partial charge < -0.3 is 10.4 Å². The molecule has 9 heteroatoms. The van der Waals surface area contributed by atoms with Crippen molar-refractivity contribution in [3.8, 4) is 0 Å². The van der Waals surface area contributed by atoms with Crippen LogP contribution < -0.4 is 10.0 Å². The highest BCUT2D eigenvalue weighted by Gasteiger charge is 2.22. The maximum absolute atomic E-state index is 10.8. The lowest BCUT2D eigenvalue weighted by Gasteiger charge is -2.38. The second-order valence-corrected chi connectivity index (χ2v) is 12.4. The fourth-order valence-corrected chi connectivity index (χ4v) is 5.46. The van der Waals surface area contributed by atoms with Crippen molar-refractivity contribution in [2.75, 3.05) is 13.7 Å². The molecule has 0 aliphatic heterocycles. The van der Waals surface area contributed by atoms with Crippen LogP contribution in [0.15, 0.2) is 35.5 Å². The van der Waals surface area contributed by atoms with Gasteiger partial charge in [0.2, 0.25) is 0 Å². The molecule has 1 aromatic rings. The quantitative estimate of drug-likeness (QED) is 0.218. The van der Waals surface area contributed by atoms with Crippen molar-refractivity contribution in [2.24, 2.45) is 5.41 Å². The van der Waals surface area contributed by atoms with E-state index in [4.69, 9.17) is 4.18 Å². The van der Waals surface area contributed by atoms with Crippen molar-refractivity contribution < 1.29 is 18.8 Å². The molecule has 0 bridgehead atoms. The molecule has 1 aromatic carbocycles. The lowest BCUT2D eigenvalue weighted by molar-refractivity contribution is -0.384. The summed E-state index contributed by atoms with van der Waals surface area (Å²) in [5, 5.41) is 25.1. The van der Waals surface area contributed by atoms with Gasteiger partial charge >= 0.3 is 0 Å². The Labute approximate surface area is 199 Å². The highest BCUT2D eigenvalue weighted by molar-refractivity contribution is 8.22. The topological polar surface area (TPSA) is 117 Å². The Morgan fingerprint density at radius 2 is 1.91 bits per heavy atom. The molecule has 3 unspecified atom stereocenters. The Hall–Kier alpha value is -1.65. The standard InChI is InChI=1S/C24H41N3O5S/c1-18(15-24(2,3)4)26-23(20-7-6-8-20)14-13-22(28)16-25-33(31,32-5)17-19-9-11-21(12-10-19)27(29)30/h9-12,18,22,25-26,28,31H,6-8,13-17H2,1-5H3. The number of nitro benzene ring substituents is 1. The number of rotatable bonds is 13. The minimum atomic E-state index is -2.65. The third kappa shape index (κ3) is 9.62. The number of allylic oxidation sites excluding steroid dienone is 2. The fourth-order valence-electron chi connectivity index (χ4n) is 4.02. The van der Waals surface area contributed by atoms with Crippen LogP contribution in [0, 0.1) is 15.5 Å². The Balaban J connectivity index is 1.87. The van der Waals surface area contributed by atoms with Crippen LogP contribution in [-0.2, 0) is 9.94 Å². The van der Waals surface area contributed by atoms with E-state index < -0.39 is 21.8 Å². The first-order valence-electron chi connectivity index (χ1n) is 11.6. The highest BCUT2D eigenvalue weighted by atomic mass is 32.3.